The first-order valence-corrected chi connectivity index (χ1v) is 8.12. The van der Waals surface area contributed by atoms with E-state index >= 15 is 0 Å². The Morgan fingerprint density at radius 2 is 1.69 bits per heavy atom. The Hall–Kier alpha value is -3.80. The highest BCUT2D eigenvalue weighted by atomic mass is 16.4. The normalized spacial score (nSPS) is 11.4. The summed E-state index contributed by atoms with van der Waals surface area (Å²) in [4.78, 5) is 11.9. The van der Waals surface area contributed by atoms with Crippen LogP contribution in [-0.4, -0.2) is 20.1 Å². The number of nitrogen functional groups attached to an aromatic ring is 1. The van der Waals surface area contributed by atoms with Crippen molar-refractivity contribution < 1.29 is 9.52 Å². The van der Waals surface area contributed by atoms with E-state index in [2.05, 4.69) is 15.0 Å². The molecule has 0 amide bonds. The Morgan fingerprint density at radius 3 is 2.54 bits per heavy atom. The van der Waals surface area contributed by atoms with E-state index in [4.69, 9.17) is 10.2 Å². The smallest absolute Gasteiger partial charge is 0.221 e. The van der Waals surface area contributed by atoms with Crippen LogP contribution in [0.5, 0.6) is 5.75 Å². The molecule has 4 N–H and O–H groups in total. The van der Waals surface area contributed by atoms with Gasteiger partial charge in [0.15, 0.2) is 11.5 Å². The third-order valence-corrected chi connectivity index (χ3v) is 4.35. The average Bonchev–Trinajstić information content (AvgIpc) is 3.23. The van der Waals surface area contributed by atoms with Crippen molar-refractivity contribution in [2.45, 2.75) is 0 Å². The van der Waals surface area contributed by atoms with E-state index in [0.717, 1.165) is 16.6 Å². The molecule has 2 aromatic carbocycles. The number of benzene rings is 2. The molecule has 5 rings (SSSR count). The number of aromatic nitrogens is 3. The molecule has 0 spiro atoms. The van der Waals surface area contributed by atoms with Crippen LogP contribution in [0.1, 0.15) is 0 Å². The maximum absolute atomic E-state index is 10.5. The lowest BCUT2D eigenvalue weighted by atomic mass is 10.2. The number of anilines is 1. The molecule has 3 heterocycles. The minimum Gasteiger partial charge on any atom is -0.504 e. The Kier molecular flexibility index (Phi) is 2.99. The lowest BCUT2D eigenvalue weighted by molar-refractivity contribution is 0.469. The highest BCUT2D eigenvalue weighted by Gasteiger charge is 2.18. The molecule has 0 aliphatic rings. The highest BCUT2D eigenvalue weighted by Crippen LogP contribution is 2.39. The van der Waals surface area contributed by atoms with E-state index in [9.17, 15) is 5.11 Å². The van der Waals surface area contributed by atoms with Crippen LogP contribution >= 0.6 is 0 Å². The van der Waals surface area contributed by atoms with Gasteiger partial charge in [-0.25, -0.2) is 9.97 Å². The number of nitrogens with one attached hydrogen (secondary N) is 1. The van der Waals surface area contributed by atoms with Crippen molar-refractivity contribution in [3.05, 3.63) is 60.7 Å². The molecular formula is C20H14N4O2. The molecule has 0 fully saturated rings. The number of H-pyrrole nitrogens is 1. The number of aromatic amines is 1. The first kappa shape index (κ1) is 14.5. The van der Waals surface area contributed by atoms with E-state index in [0.29, 0.717) is 22.4 Å². The average molecular weight is 342 g/mol. The van der Waals surface area contributed by atoms with Crippen molar-refractivity contribution in [2.75, 3.05) is 5.73 Å². The molecule has 26 heavy (non-hydrogen) atoms. The van der Waals surface area contributed by atoms with Crippen LogP contribution in [0.15, 0.2) is 65.1 Å². The highest BCUT2D eigenvalue weighted by molar-refractivity contribution is 5.91. The van der Waals surface area contributed by atoms with Crippen molar-refractivity contribution in [3.63, 3.8) is 0 Å². The Morgan fingerprint density at radius 1 is 0.923 bits per heavy atom. The fourth-order valence-electron chi connectivity index (χ4n) is 3.14. The van der Waals surface area contributed by atoms with Gasteiger partial charge in [0.05, 0.1) is 16.8 Å². The number of furan rings is 1. The summed E-state index contributed by atoms with van der Waals surface area (Å²) in [5.41, 5.74) is 9.38. The minimum atomic E-state index is 0.0429. The van der Waals surface area contributed by atoms with Crippen LogP contribution in [0.25, 0.3) is 44.7 Å². The van der Waals surface area contributed by atoms with Gasteiger partial charge in [-0.1, -0.05) is 30.3 Å². The maximum Gasteiger partial charge on any atom is 0.221 e. The minimum absolute atomic E-state index is 0.0429. The fourth-order valence-corrected chi connectivity index (χ4v) is 3.14. The zero-order valence-electron chi connectivity index (χ0n) is 13.6. The lowest BCUT2D eigenvalue weighted by Gasteiger charge is -2.03. The Balaban J connectivity index is 1.70. The Bertz CT molecular complexity index is 1240. The fraction of sp³-hybridized carbons (Fsp3) is 0. The molecule has 0 atom stereocenters. The van der Waals surface area contributed by atoms with Crippen molar-refractivity contribution in [1.82, 2.24) is 15.0 Å². The first-order chi connectivity index (χ1) is 12.7. The lowest BCUT2D eigenvalue weighted by Crippen LogP contribution is -1.98. The van der Waals surface area contributed by atoms with Gasteiger partial charge in [0, 0.05) is 10.9 Å². The molecule has 6 nitrogen and oxygen atoms in total. The van der Waals surface area contributed by atoms with Crippen LogP contribution in [0, 0.1) is 0 Å². The summed E-state index contributed by atoms with van der Waals surface area (Å²) in [6, 6.07) is 19.0. The van der Waals surface area contributed by atoms with Gasteiger partial charge in [0.2, 0.25) is 5.95 Å². The summed E-state index contributed by atoms with van der Waals surface area (Å²) in [5.74, 6) is 0.426. The van der Waals surface area contributed by atoms with Crippen LogP contribution in [0.4, 0.5) is 5.95 Å². The number of aromatic hydroxyl groups is 1. The zero-order valence-corrected chi connectivity index (χ0v) is 13.6. The van der Waals surface area contributed by atoms with Gasteiger partial charge in [-0.05, 0) is 30.3 Å². The summed E-state index contributed by atoms with van der Waals surface area (Å²) >= 11 is 0. The molecule has 0 aliphatic heterocycles. The first-order valence-electron chi connectivity index (χ1n) is 8.12. The van der Waals surface area contributed by atoms with Crippen molar-refractivity contribution in [2.24, 2.45) is 0 Å². The maximum atomic E-state index is 10.5. The predicted octanol–water partition coefficient (Wildman–Crippen LogP) is 4.33. The van der Waals surface area contributed by atoms with Gasteiger partial charge in [-0.15, -0.1) is 0 Å². The number of fused-ring (bicyclic) bond motifs is 2. The molecule has 0 aliphatic carbocycles. The third kappa shape index (κ3) is 2.20. The second-order valence-corrected chi connectivity index (χ2v) is 6.04. The molecule has 0 radical (unpaired) electrons. The molecule has 0 saturated carbocycles. The molecule has 126 valence electrons. The van der Waals surface area contributed by atoms with Crippen LogP contribution in [-0.2, 0) is 0 Å². The van der Waals surface area contributed by atoms with Gasteiger partial charge in [0.25, 0.3) is 0 Å². The summed E-state index contributed by atoms with van der Waals surface area (Å²) in [6.45, 7) is 0. The van der Waals surface area contributed by atoms with E-state index in [1.807, 2.05) is 42.5 Å². The topological polar surface area (TPSA) is 101 Å². The van der Waals surface area contributed by atoms with E-state index < -0.39 is 0 Å². The van der Waals surface area contributed by atoms with Gasteiger partial charge < -0.3 is 20.2 Å². The summed E-state index contributed by atoms with van der Waals surface area (Å²) < 4.78 is 5.78. The van der Waals surface area contributed by atoms with Crippen LogP contribution in [0.3, 0.4) is 0 Å². The third-order valence-electron chi connectivity index (χ3n) is 4.35. The van der Waals surface area contributed by atoms with Gasteiger partial charge >= 0.3 is 0 Å². The molecular weight excluding hydrogens is 328 g/mol. The van der Waals surface area contributed by atoms with E-state index in [-0.39, 0.29) is 17.5 Å². The number of para-hydroxylation sites is 2. The second-order valence-electron chi connectivity index (χ2n) is 6.04. The van der Waals surface area contributed by atoms with Gasteiger partial charge in [-0.3, -0.25) is 0 Å². The van der Waals surface area contributed by atoms with Crippen LogP contribution < -0.4 is 5.73 Å². The van der Waals surface area contributed by atoms with Crippen molar-refractivity contribution >= 4 is 27.8 Å². The molecule has 0 saturated heterocycles. The van der Waals surface area contributed by atoms with Crippen LogP contribution in [0.2, 0.25) is 0 Å². The van der Waals surface area contributed by atoms with Crippen molar-refractivity contribution in [1.29, 1.82) is 0 Å². The number of hydrogen-bond donors (Lipinski definition) is 3. The molecule has 0 bridgehead atoms. The monoisotopic (exact) mass is 342 g/mol. The summed E-state index contributed by atoms with van der Waals surface area (Å²) in [5, 5.41) is 12.2. The molecule has 0 unspecified atom stereocenters. The van der Waals surface area contributed by atoms with E-state index in [1.165, 1.54) is 0 Å². The predicted molar refractivity (Wildman–Crippen MR) is 101 cm³/mol. The number of nitrogens with two attached hydrogens (primary N) is 1. The van der Waals surface area contributed by atoms with Gasteiger partial charge in [0.1, 0.15) is 11.3 Å². The molecule has 5 aromatic rings. The summed E-state index contributed by atoms with van der Waals surface area (Å²) in [6.07, 6.45) is 0. The standard InChI is InChI=1S/C20H14N4O2/c21-20-23-15(14-9-11-5-1-3-7-13(11)22-14)10-16(24-20)19-18(25)12-6-2-4-8-17(12)26-19/h1-10,22,25H,(H2,21,23,24). The van der Waals surface area contributed by atoms with E-state index in [1.54, 1.807) is 18.2 Å². The van der Waals surface area contributed by atoms with Gasteiger partial charge in [-0.2, -0.15) is 0 Å². The quantitative estimate of drug-likeness (QED) is 0.443. The Labute approximate surface area is 147 Å². The molecule has 3 aromatic heterocycles. The largest absolute Gasteiger partial charge is 0.504 e. The molecule has 6 heteroatoms. The summed E-state index contributed by atoms with van der Waals surface area (Å²) in [7, 11) is 0. The zero-order chi connectivity index (χ0) is 17.7. The van der Waals surface area contributed by atoms with Crippen molar-refractivity contribution in [3.8, 4) is 28.6 Å². The SMILES string of the molecule is Nc1nc(-c2cc3ccccc3[nH]2)cc(-c2oc3ccccc3c2O)n1. The number of hydrogen-bond acceptors (Lipinski definition) is 5. The number of nitrogens with zero attached hydrogens (tertiary/aromatic N) is 2. The second kappa shape index (κ2) is 5.35. The number of rotatable bonds is 2.